The van der Waals surface area contributed by atoms with Crippen molar-refractivity contribution in [2.24, 2.45) is 22.7 Å². The zero-order chi connectivity index (χ0) is 17.3. The van der Waals surface area contributed by atoms with Crippen LogP contribution in [0.2, 0.25) is 18.1 Å². The molecule has 3 heteroatoms. The molecule has 0 saturated heterocycles. The third kappa shape index (κ3) is 3.33. The number of aldehydes is 1. The van der Waals surface area contributed by atoms with Crippen LogP contribution in [-0.2, 0) is 9.22 Å². The Kier molecular flexibility index (Phi) is 5.83. The molecule has 4 atom stereocenters. The van der Waals surface area contributed by atoms with Crippen LogP contribution in [0.3, 0.4) is 0 Å². The topological polar surface area (TPSA) is 26.3 Å². The van der Waals surface area contributed by atoms with Gasteiger partial charge in [0.15, 0.2) is 8.32 Å². The zero-order valence-corrected chi connectivity index (χ0v) is 17.3. The van der Waals surface area contributed by atoms with Crippen LogP contribution in [0.1, 0.15) is 73.6 Å². The molecule has 0 amide bonds. The van der Waals surface area contributed by atoms with Gasteiger partial charge in [0.05, 0.1) is 0 Å². The van der Waals surface area contributed by atoms with E-state index in [2.05, 4.69) is 41.5 Å². The highest BCUT2D eigenvalue weighted by molar-refractivity contribution is 6.73. The van der Waals surface area contributed by atoms with E-state index in [1.54, 1.807) is 0 Å². The minimum Gasteiger partial charge on any atom is -0.414 e. The van der Waals surface area contributed by atoms with E-state index in [1.165, 1.54) is 56.5 Å². The molecule has 0 aliphatic heterocycles. The van der Waals surface area contributed by atoms with Gasteiger partial charge < -0.3 is 9.22 Å². The second-order valence-electron chi connectivity index (χ2n) is 8.97. The van der Waals surface area contributed by atoms with Crippen LogP contribution in [0.25, 0.3) is 0 Å². The second kappa shape index (κ2) is 6.99. The Morgan fingerprint density at radius 3 is 2.26 bits per heavy atom. The number of rotatable bonds is 7. The predicted molar refractivity (Wildman–Crippen MR) is 100 cm³/mol. The van der Waals surface area contributed by atoms with Crippen molar-refractivity contribution < 1.29 is 9.22 Å². The van der Waals surface area contributed by atoms with Crippen molar-refractivity contribution in [1.29, 1.82) is 0 Å². The van der Waals surface area contributed by atoms with E-state index in [1.807, 2.05) is 0 Å². The zero-order valence-electron chi connectivity index (χ0n) is 16.3. The van der Waals surface area contributed by atoms with E-state index in [4.69, 9.17) is 4.43 Å². The van der Waals surface area contributed by atoms with Crippen LogP contribution >= 0.6 is 0 Å². The van der Waals surface area contributed by atoms with Crippen LogP contribution in [0.5, 0.6) is 0 Å². The number of fused-ring (bicyclic) bond motifs is 1. The van der Waals surface area contributed by atoms with E-state index < -0.39 is 8.32 Å². The van der Waals surface area contributed by atoms with Crippen molar-refractivity contribution in [2.75, 3.05) is 0 Å². The highest BCUT2D eigenvalue weighted by atomic mass is 28.4. The number of carbonyl (C=O) groups is 1. The minimum atomic E-state index is -1.54. The molecule has 0 bridgehead atoms. The van der Waals surface area contributed by atoms with Crippen molar-refractivity contribution >= 4 is 14.6 Å². The summed E-state index contributed by atoms with van der Waals surface area (Å²) in [6, 6.07) is 3.72. The fourth-order valence-electron chi connectivity index (χ4n) is 5.89. The predicted octanol–water partition coefficient (Wildman–Crippen LogP) is 5.82. The number of carbonyl (C=O) groups excluding carboxylic acids is 1. The fraction of sp³-hybridized carbons (Fsp3) is 0.950. The molecule has 2 nitrogen and oxygen atoms in total. The second-order valence-corrected chi connectivity index (χ2v) is 13.7. The van der Waals surface area contributed by atoms with Crippen molar-refractivity contribution in [3.05, 3.63) is 0 Å². The summed E-state index contributed by atoms with van der Waals surface area (Å²) in [7, 11) is -1.54. The van der Waals surface area contributed by atoms with Crippen molar-refractivity contribution in [3.8, 4) is 0 Å². The van der Waals surface area contributed by atoms with E-state index in [-0.39, 0.29) is 5.41 Å². The Morgan fingerprint density at radius 1 is 1.13 bits per heavy atom. The monoisotopic (exact) mass is 338 g/mol. The lowest BCUT2D eigenvalue weighted by Crippen LogP contribution is -2.49. The van der Waals surface area contributed by atoms with Gasteiger partial charge in [-0.2, -0.15) is 0 Å². The maximum Gasteiger partial charge on any atom is 0.192 e. The Balaban J connectivity index is 2.22. The Bertz CT molecular complexity index is 408. The molecule has 2 aliphatic carbocycles. The summed E-state index contributed by atoms with van der Waals surface area (Å²) in [5.74, 6) is 1.18. The molecule has 0 unspecified atom stereocenters. The van der Waals surface area contributed by atoms with Crippen LogP contribution in [0, 0.1) is 22.7 Å². The highest BCUT2D eigenvalue weighted by Gasteiger charge is 2.56. The molecule has 0 N–H and O–H groups in total. The van der Waals surface area contributed by atoms with E-state index in [0.29, 0.717) is 23.4 Å². The summed E-state index contributed by atoms with van der Waals surface area (Å²) in [4.78, 5) is 11.7. The van der Waals surface area contributed by atoms with E-state index in [9.17, 15) is 4.79 Å². The first-order valence-corrected chi connectivity index (χ1v) is 12.5. The Morgan fingerprint density at radius 2 is 1.74 bits per heavy atom. The summed E-state index contributed by atoms with van der Waals surface area (Å²) >= 11 is 0. The van der Waals surface area contributed by atoms with Gasteiger partial charge >= 0.3 is 0 Å². The average molecular weight is 339 g/mol. The molecule has 0 heterocycles. The lowest BCUT2D eigenvalue weighted by Gasteiger charge is -2.50. The minimum absolute atomic E-state index is 0.194. The maximum absolute atomic E-state index is 11.7. The van der Waals surface area contributed by atoms with Gasteiger partial charge in [0.25, 0.3) is 0 Å². The summed E-state index contributed by atoms with van der Waals surface area (Å²) < 4.78 is 6.95. The largest absolute Gasteiger partial charge is 0.414 e. The fourth-order valence-corrected chi connectivity index (χ4v) is 8.81. The summed E-state index contributed by atoms with van der Waals surface area (Å²) in [5.41, 5.74) is 0.100. The highest BCUT2D eigenvalue weighted by Crippen LogP contribution is 2.60. The summed E-state index contributed by atoms with van der Waals surface area (Å²) in [6.45, 7) is 13.7. The van der Waals surface area contributed by atoms with Crippen LogP contribution in [0.15, 0.2) is 0 Å². The molecule has 0 aromatic rings. The first kappa shape index (κ1) is 19.2. The summed E-state index contributed by atoms with van der Waals surface area (Å²) in [5, 5.41) is 0. The Hall–Kier alpha value is -0.153. The van der Waals surface area contributed by atoms with Gasteiger partial charge in [-0.25, -0.2) is 0 Å². The normalized spacial score (nSPS) is 35.1. The number of hydrogen-bond donors (Lipinski definition) is 0. The molecule has 2 aliphatic rings. The van der Waals surface area contributed by atoms with Gasteiger partial charge in [0, 0.05) is 11.5 Å². The van der Waals surface area contributed by atoms with Gasteiger partial charge in [0.2, 0.25) is 0 Å². The van der Waals surface area contributed by atoms with Gasteiger partial charge in [-0.15, -0.1) is 0 Å². The van der Waals surface area contributed by atoms with Gasteiger partial charge in [-0.3, -0.25) is 0 Å². The number of hydrogen-bond acceptors (Lipinski definition) is 2. The molecule has 0 radical (unpaired) electrons. The lowest BCUT2D eigenvalue weighted by atomic mass is 9.58. The van der Waals surface area contributed by atoms with Crippen LogP contribution in [0.4, 0.5) is 0 Å². The third-order valence-electron chi connectivity index (χ3n) is 7.60. The molecule has 2 rings (SSSR count). The molecule has 0 aromatic carbocycles. The van der Waals surface area contributed by atoms with Crippen LogP contribution < -0.4 is 0 Å². The van der Waals surface area contributed by atoms with Crippen LogP contribution in [-0.4, -0.2) is 20.7 Å². The Labute approximate surface area is 144 Å². The molecule has 134 valence electrons. The van der Waals surface area contributed by atoms with E-state index in [0.717, 1.165) is 0 Å². The third-order valence-corrected chi connectivity index (χ3v) is 12.3. The standard InChI is InChI=1S/C20H38O2Si/c1-7-23(8-2,9-3)22-17-11-10-14-20(6)16(17)12-13-18(20)19(4,5)15-21/h15-18H,7-14H2,1-6H3/t16-,17-,18+,20-/m0/s1. The molecule has 2 fully saturated rings. The molecular weight excluding hydrogens is 300 g/mol. The van der Waals surface area contributed by atoms with Crippen molar-refractivity contribution in [1.82, 2.24) is 0 Å². The van der Waals surface area contributed by atoms with Crippen molar-refractivity contribution in [3.63, 3.8) is 0 Å². The first-order chi connectivity index (χ1) is 10.8. The van der Waals surface area contributed by atoms with Crippen molar-refractivity contribution in [2.45, 2.75) is 97.9 Å². The average Bonchev–Trinajstić information content (AvgIpc) is 2.91. The quantitative estimate of drug-likeness (QED) is 0.432. The molecule has 2 saturated carbocycles. The van der Waals surface area contributed by atoms with Gasteiger partial charge in [0.1, 0.15) is 6.29 Å². The van der Waals surface area contributed by atoms with Gasteiger partial charge in [-0.1, -0.05) is 48.0 Å². The molecule has 0 spiro atoms. The van der Waals surface area contributed by atoms with E-state index >= 15 is 0 Å². The molecule has 23 heavy (non-hydrogen) atoms. The maximum atomic E-state index is 11.7. The first-order valence-electron chi connectivity index (χ1n) is 9.92. The lowest BCUT2D eigenvalue weighted by molar-refractivity contribution is -0.121. The summed E-state index contributed by atoms with van der Waals surface area (Å²) in [6.07, 6.45) is 7.90. The molecule has 0 aromatic heterocycles. The smallest absolute Gasteiger partial charge is 0.192 e. The SMILES string of the molecule is CC[Si](CC)(CC)O[C@H]1CCC[C@]2(C)[C@@H](C(C)(C)C=O)CC[C@@H]12. The molecular formula is C20H38O2Si. The van der Waals surface area contributed by atoms with Gasteiger partial charge in [-0.05, 0) is 61.1 Å².